The van der Waals surface area contributed by atoms with E-state index in [-0.39, 0.29) is 38.0 Å². The van der Waals surface area contributed by atoms with Gasteiger partial charge in [-0.15, -0.1) is 0 Å². The van der Waals surface area contributed by atoms with Crippen LogP contribution in [0, 0.1) is 0 Å². The standard InChI is InChI=1S/C47H59N9O10/c1-3-4-15-38(45(64)54-36(25-41(59)60)43(62)53-35(42(49)61)23-28-11-6-5-7-12-28)55(2)47(66)37(24-30-26-50-34-14-9-8-13-32(30)34)52-40(58)27-51-44(63)39-16-10-21-56(39)46(65)33(48)22-29-17-19-31(57)20-18-29/h5-9,11-14,17-20,26,33,35-39,50,57H,3-4,10,15-16,21-25,27,48H2,1-2H3,(H2,49,61)(H,51,63)(H,52,58)(H,53,62)(H,54,64)(H,59,60)/t33-,35-,36-,37-,38-,39-/m0/s1. The third-order valence-corrected chi connectivity index (χ3v) is 11.6. The predicted octanol–water partition coefficient (Wildman–Crippen LogP) is 0.768. The summed E-state index contributed by atoms with van der Waals surface area (Å²) >= 11 is 0. The predicted molar refractivity (Wildman–Crippen MR) is 243 cm³/mol. The highest BCUT2D eigenvalue weighted by Crippen LogP contribution is 2.22. The number of H-pyrrole nitrogens is 1. The highest BCUT2D eigenvalue weighted by Gasteiger charge is 2.38. The molecule has 5 rings (SSSR count). The van der Waals surface area contributed by atoms with Crippen molar-refractivity contribution in [3.05, 3.63) is 102 Å². The molecule has 0 aliphatic carbocycles. The molecule has 3 aromatic carbocycles. The van der Waals surface area contributed by atoms with Gasteiger partial charge in [0.05, 0.1) is 19.0 Å². The first-order valence-electron chi connectivity index (χ1n) is 21.9. The number of carbonyl (C=O) groups is 8. The van der Waals surface area contributed by atoms with Crippen LogP contribution in [0.2, 0.25) is 0 Å². The summed E-state index contributed by atoms with van der Waals surface area (Å²) in [5.41, 5.74) is 14.7. The lowest BCUT2D eigenvalue weighted by Crippen LogP contribution is -2.59. The average molecular weight is 910 g/mol. The van der Waals surface area contributed by atoms with E-state index in [1.54, 1.807) is 48.7 Å². The largest absolute Gasteiger partial charge is 0.508 e. The molecule has 352 valence electrons. The van der Waals surface area contributed by atoms with Crippen LogP contribution in [0.4, 0.5) is 0 Å². The number of nitrogens with one attached hydrogen (secondary N) is 5. The Morgan fingerprint density at radius 2 is 1.50 bits per heavy atom. The number of aromatic hydroxyl groups is 1. The van der Waals surface area contributed by atoms with Crippen LogP contribution in [0.25, 0.3) is 10.9 Å². The smallest absolute Gasteiger partial charge is 0.305 e. The van der Waals surface area contributed by atoms with Gasteiger partial charge in [-0.3, -0.25) is 38.4 Å². The van der Waals surface area contributed by atoms with Gasteiger partial charge in [0.25, 0.3) is 0 Å². The molecule has 2 heterocycles. The molecule has 0 saturated carbocycles. The van der Waals surface area contributed by atoms with E-state index < -0.39 is 96.5 Å². The van der Waals surface area contributed by atoms with E-state index in [1.165, 1.54) is 24.1 Å². The molecular formula is C47H59N9O10. The van der Waals surface area contributed by atoms with Crippen molar-refractivity contribution in [1.29, 1.82) is 0 Å². The number of carbonyl (C=O) groups excluding carboxylic acids is 7. The second-order valence-corrected chi connectivity index (χ2v) is 16.5. The quantitative estimate of drug-likeness (QED) is 0.0501. The number of amides is 7. The summed E-state index contributed by atoms with van der Waals surface area (Å²) in [7, 11) is 1.37. The number of benzene rings is 3. The lowest BCUT2D eigenvalue weighted by Gasteiger charge is -2.32. The number of aliphatic carboxylic acids is 1. The number of likely N-dealkylation sites (tertiary alicyclic amines) is 1. The van der Waals surface area contributed by atoms with Crippen LogP contribution < -0.4 is 32.7 Å². The molecule has 4 aromatic rings. The van der Waals surface area contributed by atoms with E-state index in [0.29, 0.717) is 36.8 Å². The molecule has 0 spiro atoms. The fourth-order valence-electron chi connectivity index (χ4n) is 8.03. The normalized spacial score (nSPS) is 15.7. The first kappa shape index (κ1) is 49.7. The van der Waals surface area contributed by atoms with Crippen molar-refractivity contribution >= 4 is 58.2 Å². The summed E-state index contributed by atoms with van der Waals surface area (Å²) in [6.45, 7) is 1.60. The molecule has 1 aliphatic rings. The van der Waals surface area contributed by atoms with Gasteiger partial charge in [-0.05, 0) is 60.6 Å². The number of primary amides is 1. The molecule has 11 N–H and O–H groups in total. The molecule has 1 aromatic heterocycles. The van der Waals surface area contributed by atoms with Gasteiger partial charge in [-0.1, -0.05) is 80.4 Å². The Labute approximate surface area is 382 Å². The van der Waals surface area contributed by atoms with Crippen molar-refractivity contribution in [2.45, 2.75) is 101 Å². The van der Waals surface area contributed by atoms with Gasteiger partial charge in [-0.25, -0.2) is 0 Å². The number of carboxylic acid groups (broad SMARTS) is 1. The summed E-state index contributed by atoms with van der Waals surface area (Å²) in [5.74, 6) is -6.48. The fraction of sp³-hybridized carbons (Fsp3) is 0.404. The zero-order valence-corrected chi connectivity index (χ0v) is 37.0. The van der Waals surface area contributed by atoms with Crippen LogP contribution in [0.15, 0.2) is 85.1 Å². The number of nitrogens with two attached hydrogens (primary N) is 2. The number of aromatic amines is 1. The fourth-order valence-corrected chi connectivity index (χ4v) is 8.03. The van der Waals surface area contributed by atoms with Crippen molar-refractivity contribution in [3.63, 3.8) is 0 Å². The van der Waals surface area contributed by atoms with Gasteiger partial charge in [0.15, 0.2) is 0 Å². The molecule has 19 nitrogen and oxygen atoms in total. The van der Waals surface area contributed by atoms with Crippen LogP contribution in [0.3, 0.4) is 0 Å². The van der Waals surface area contributed by atoms with E-state index in [9.17, 15) is 48.6 Å². The number of hydrogen-bond donors (Lipinski definition) is 9. The Bertz CT molecular complexity index is 2360. The molecule has 0 radical (unpaired) electrons. The number of fused-ring (bicyclic) bond motifs is 1. The lowest BCUT2D eigenvalue weighted by atomic mass is 10.0. The van der Waals surface area contributed by atoms with Gasteiger partial charge in [-0.2, -0.15) is 0 Å². The maximum atomic E-state index is 14.6. The second-order valence-electron chi connectivity index (χ2n) is 16.5. The molecule has 0 bridgehead atoms. The summed E-state index contributed by atoms with van der Waals surface area (Å²) in [5, 5.41) is 30.4. The molecular weight excluding hydrogens is 851 g/mol. The topological polar surface area (TPSA) is 299 Å². The number of phenols is 1. The van der Waals surface area contributed by atoms with E-state index in [4.69, 9.17) is 11.5 Å². The number of carboxylic acids is 1. The third kappa shape index (κ3) is 13.6. The minimum Gasteiger partial charge on any atom is -0.508 e. The van der Waals surface area contributed by atoms with Crippen molar-refractivity contribution in [1.82, 2.24) is 36.1 Å². The number of para-hydroxylation sites is 1. The Hall–Kier alpha value is -7.28. The minimum absolute atomic E-state index is 0.00958. The van der Waals surface area contributed by atoms with Gasteiger partial charge in [0, 0.05) is 43.5 Å². The molecule has 19 heteroatoms. The lowest BCUT2D eigenvalue weighted by molar-refractivity contribution is -0.144. The van der Waals surface area contributed by atoms with Crippen LogP contribution in [-0.4, -0.2) is 129 Å². The summed E-state index contributed by atoms with van der Waals surface area (Å²) in [6.07, 6.45) is 3.02. The Kier molecular flexibility index (Phi) is 17.8. The number of unbranched alkanes of at least 4 members (excludes halogenated alkanes) is 1. The Morgan fingerprint density at radius 1 is 0.833 bits per heavy atom. The number of hydrogen-bond acceptors (Lipinski definition) is 10. The zero-order chi connectivity index (χ0) is 47.9. The number of likely N-dealkylation sites (N-methyl/N-ethyl adjacent to an activating group) is 1. The van der Waals surface area contributed by atoms with Gasteiger partial charge < -0.3 is 57.7 Å². The van der Waals surface area contributed by atoms with Crippen molar-refractivity contribution in [3.8, 4) is 5.75 Å². The van der Waals surface area contributed by atoms with Crippen LogP contribution in [0.5, 0.6) is 5.75 Å². The van der Waals surface area contributed by atoms with E-state index in [2.05, 4.69) is 26.3 Å². The zero-order valence-electron chi connectivity index (χ0n) is 37.0. The van der Waals surface area contributed by atoms with Crippen LogP contribution in [0.1, 0.15) is 62.1 Å². The monoisotopic (exact) mass is 909 g/mol. The van der Waals surface area contributed by atoms with E-state index in [1.807, 2.05) is 31.2 Å². The van der Waals surface area contributed by atoms with Crippen LogP contribution in [-0.2, 0) is 57.6 Å². The minimum atomic E-state index is -1.66. The summed E-state index contributed by atoms with van der Waals surface area (Å²) in [4.78, 5) is 113. The summed E-state index contributed by atoms with van der Waals surface area (Å²) < 4.78 is 0. The third-order valence-electron chi connectivity index (χ3n) is 11.6. The molecule has 0 unspecified atom stereocenters. The van der Waals surface area contributed by atoms with Crippen molar-refractivity contribution < 1.29 is 48.6 Å². The molecule has 6 atom stereocenters. The number of phenolic OH excluding ortho intramolecular Hbond substituents is 1. The molecule has 1 aliphatic heterocycles. The molecule has 1 saturated heterocycles. The van der Waals surface area contributed by atoms with Gasteiger partial charge in [0.2, 0.25) is 41.4 Å². The molecule has 1 fully saturated rings. The van der Waals surface area contributed by atoms with Crippen molar-refractivity contribution in [2.75, 3.05) is 20.1 Å². The molecule has 7 amide bonds. The first-order valence-corrected chi connectivity index (χ1v) is 21.9. The highest BCUT2D eigenvalue weighted by atomic mass is 16.4. The van der Waals surface area contributed by atoms with Crippen molar-refractivity contribution in [2.24, 2.45) is 11.5 Å². The van der Waals surface area contributed by atoms with Crippen LogP contribution >= 0.6 is 0 Å². The average Bonchev–Trinajstić information content (AvgIpc) is 3.96. The number of aromatic nitrogens is 1. The maximum Gasteiger partial charge on any atom is 0.305 e. The maximum absolute atomic E-state index is 14.6. The first-order chi connectivity index (χ1) is 31.6. The van der Waals surface area contributed by atoms with E-state index >= 15 is 0 Å². The molecule has 66 heavy (non-hydrogen) atoms. The SMILES string of the molecule is CCCC[C@@H](C(=O)N[C@@H](CC(=O)O)C(=O)N[C@@H](Cc1ccccc1)C(N)=O)N(C)C(=O)[C@H](Cc1c[nH]c2ccccc12)NC(=O)CNC(=O)[C@@H]1CCCN1C(=O)[C@@H](N)Cc1ccc(O)cc1. The highest BCUT2D eigenvalue weighted by molar-refractivity contribution is 5.98. The van der Waals surface area contributed by atoms with E-state index in [0.717, 1.165) is 21.4 Å². The Balaban J connectivity index is 1.30. The second kappa shape index (κ2) is 23.6. The summed E-state index contributed by atoms with van der Waals surface area (Å²) in [6, 6.07) is 15.0. The number of nitrogens with zero attached hydrogens (tertiary/aromatic N) is 2. The Morgan fingerprint density at radius 3 is 2.18 bits per heavy atom. The van der Waals surface area contributed by atoms with Gasteiger partial charge >= 0.3 is 5.97 Å². The number of rotatable bonds is 23. The van der Waals surface area contributed by atoms with Gasteiger partial charge in [0.1, 0.15) is 36.0 Å².